The van der Waals surface area contributed by atoms with Crippen LogP contribution < -0.4 is 0 Å². The molecule has 0 amide bonds. The lowest BCUT2D eigenvalue weighted by atomic mass is 10.4. The van der Waals surface area contributed by atoms with Gasteiger partial charge in [-0.25, -0.2) is 0 Å². The topological polar surface area (TPSA) is 18.5 Å². The average Bonchev–Trinajstić information content (AvgIpc) is 2.14. The van der Waals surface area contributed by atoms with Crippen LogP contribution in [-0.2, 0) is 9.47 Å². The van der Waals surface area contributed by atoms with Gasteiger partial charge in [-0.3, -0.25) is 0 Å². The summed E-state index contributed by atoms with van der Waals surface area (Å²) in [6, 6.07) is 0. The fourth-order valence-corrected chi connectivity index (χ4v) is 0.517. The molecule has 1 heterocycles. The van der Waals surface area contributed by atoms with Crippen LogP contribution in [-0.4, -0.2) is 13.4 Å². The van der Waals surface area contributed by atoms with Gasteiger partial charge in [0.2, 0.25) is 6.29 Å². The number of rotatable bonds is 1. The predicted molar refractivity (Wildman–Crippen MR) is 25.6 cm³/mol. The molecule has 0 bridgehead atoms. The molecule has 2 heteroatoms. The van der Waals surface area contributed by atoms with Crippen LogP contribution in [0.3, 0.4) is 0 Å². The monoisotopic (exact) mass is 100 g/mol. The van der Waals surface area contributed by atoms with Crippen molar-refractivity contribution in [1.82, 2.24) is 0 Å². The molecule has 0 unspecified atom stereocenters. The van der Waals surface area contributed by atoms with Crippen molar-refractivity contribution in [3.8, 4) is 0 Å². The first-order chi connectivity index (χ1) is 3.43. The molecule has 0 spiro atoms. The van der Waals surface area contributed by atoms with E-state index in [1.165, 1.54) is 0 Å². The van der Waals surface area contributed by atoms with Gasteiger partial charge in [0.15, 0.2) is 0 Å². The molecule has 0 aromatic rings. The van der Waals surface area contributed by atoms with E-state index in [9.17, 15) is 0 Å². The van der Waals surface area contributed by atoms with Gasteiger partial charge in [0, 0.05) is 13.5 Å². The molecule has 7 heavy (non-hydrogen) atoms. The molecule has 1 aliphatic heterocycles. The maximum Gasteiger partial charge on any atom is 0.202 e. The number of methoxy groups -OCH3 is 1. The van der Waals surface area contributed by atoms with Crippen molar-refractivity contribution in [2.75, 3.05) is 7.11 Å². The van der Waals surface area contributed by atoms with E-state index < -0.39 is 0 Å². The number of hydrogen-bond donors (Lipinski definition) is 0. The molecule has 1 atom stereocenters. The summed E-state index contributed by atoms with van der Waals surface area (Å²) < 4.78 is 9.73. The Morgan fingerprint density at radius 2 is 2.71 bits per heavy atom. The molecule has 0 saturated heterocycles. The van der Waals surface area contributed by atoms with Gasteiger partial charge in [-0.05, 0) is 6.08 Å². The maximum atomic E-state index is 4.90. The Kier molecular flexibility index (Phi) is 1.32. The lowest BCUT2D eigenvalue weighted by Gasteiger charge is -2.04. The first-order valence-corrected chi connectivity index (χ1v) is 2.27. The third-order valence-corrected chi connectivity index (χ3v) is 0.918. The quantitative estimate of drug-likeness (QED) is 0.487. The molecule has 0 aliphatic carbocycles. The van der Waals surface area contributed by atoms with E-state index in [2.05, 4.69) is 0 Å². The van der Waals surface area contributed by atoms with E-state index in [1.807, 2.05) is 6.08 Å². The van der Waals surface area contributed by atoms with Crippen molar-refractivity contribution in [1.29, 1.82) is 0 Å². The molecule has 0 saturated carbocycles. The largest absolute Gasteiger partial charge is 0.473 e. The molecule has 0 fully saturated rings. The maximum absolute atomic E-state index is 4.90. The molecule has 0 N–H and O–H groups in total. The Bertz CT molecular complexity index is 70.1. The highest BCUT2D eigenvalue weighted by atomic mass is 16.7. The Labute approximate surface area is 42.7 Å². The van der Waals surface area contributed by atoms with Gasteiger partial charge in [-0.1, -0.05) is 0 Å². The van der Waals surface area contributed by atoms with Crippen LogP contribution >= 0.6 is 0 Å². The van der Waals surface area contributed by atoms with E-state index in [0.717, 1.165) is 6.42 Å². The van der Waals surface area contributed by atoms with Crippen LogP contribution in [0.1, 0.15) is 6.42 Å². The number of ether oxygens (including phenoxy) is 2. The zero-order chi connectivity index (χ0) is 5.11. The lowest BCUT2D eigenvalue weighted by Crippen LogP contribution is -2.05. The van der Waals surface area contributed by atoms with Gasteiger partial charge >= 0.3 is 0 Å². The molecule has 0 aromatic heterocycles. The minimum Gasteiger partial charge on any atom is -0.473 e. The van der Waals surface area contributed by atoms with Crippen LogP contribution in [0, 0.1) is 0 Å². The van der Waals surface area contributed by atoms with Crippen molar-refractivity contribution in [3.63, 3.8) is 0 Å². The Morgan fingerprint density at radius 3 is 3.00 bits per heavy atom. The molecule has 1 aliphatic rings. The van der Waals surface area contributed by atoms with Gasteiger partial charge in [-0.2, -0.15) is 0 Å². The summed E-state index contributed by atoms with van der Waals surface area (Å²) in [7, 11) is 1.64. The molecular weight excluding hydrogens is 92.1 g/mol. The van der Waals surface area contributed by atoms with E-state index >= 15 is 0 Å². The van der Waals surface area contributed by atoms with Gasteiger partial charge in [-0.15, -0.1) is 0 Å². The first-order valence-electron chi connectivity index (χ1n) is 2.27. The van der Waals surface area contributed by atoms with Crippen LogP contribution in [0.15, 0.2) is 12.3 Å². The second kappa shape index (κ2) is 1.98. The molecular formula is C5H8O2. The zero-order valence-electron chi connectivity index (χ0n) is 4.26. The van der Waals surface area contributed by atoms with Crippen LogP contribution in [0.5, 0.6) is 0 Å². The summed E-state index contributed by atoms with van der Waals surface area (Å²) in [4.78, 5) is 0. The second-order valence-electron chi connectivity index (χ2n) is 1.41. The molecule has 0 aromatic carbocycles. The zero-order valence-corrected chi connectivity index (χ0v) is 4.26. The van der Waals surface area contributed by atoms with Crippen molar-refractivity contribution < 1.29 is 9.47 Å². The van der Waals surface area contributed by atoms with E-state index in [1.54, 1.807) is 13.4 Å². The van der Waals surface area contributed by atoms with Crippen LogP contribution in [0.4, 0.5) is 0 Å². The minimum atomic E-state index is -0.0139. The standard InChI is InChI=1S/C5H8O2/c1-6-5-3-2-4-7-5/h2,4-5H,3H2,1H3/t5-/m1/s1. The summed E-state index contributed by atoms with van der Waals surface area (Å²) >= 11 is 0. The normalized spacial score (nSPS) is 27.9. The summed E-state index contributed by atoms with van der Waals surface area (Å²) in [5.41, 5.74) is 0. The summed E-state index contributed by atoms with van der Waals surface area (Å²) in [5, 5.41) is 0. The van der Waals surface area contributed by atoms with Gasteiger partial charge in [0.25, 0.3) is 0 Å². The predicted octanol–water partition coefficient (Wildman–Crippen LogP) is 0.893. The molecule has 0 radical (unpaired) electrons. The average molecular weight is 100 g/mol. The Balaban J connectivity index is 2.22. The fourth-order valence-electron chi connectivity index (χ4n) is 0.517. The Morgan fingerprint density at radius 1 is 1.86 bits per heavy atom. The molecule has 2 nitrogen and oxygen atoms in total. The van der Waals surface area contributed by atoms with Gasteiger partial charge < -0.3 is 9.47 Å². The van der Waals surface area contributed by atoms with E-state index in [-0.39, 0.29) is 6.29 Å². The third-order valence-electron chi connectivity index (χ3n) is 0.918. The van der Waals surface area contributed by atoms with E-state index in [4.69, 9.17) is 9.47 Å². The fraction of sp³-hybridized carbons (Fsp3) is 0.600. The van der Waals surface area contributed by atoms with Crippen molar-refractivity contribution in [3.05, 3.63) is 12.3 Å². The van der Waals surface area contributed by atoms with Crippen molar-refractivity contribution >= 4 is 0 Å². The summed E-state index contributed by atoms with van der Waals surface area (Å²) in [6.07, 6.45) is 4.47. The van der Waals surface area contributed by atoms with Crippen LogP contribution in [0.25, 0.3) is 0 Å². The van der Waals surface area contributed by atoms with Gasteiger partial charge in [0.05, 0.1) is 6.26 Å². The van der Waals surface area contributed by atoms with Crippen LogP contribution in [0.2, 0.25) is 0 Å². The minimum absolute atomic E-state index is 0.0139. The summed E-state index contributed by atoms with van der Waals surface area (Å²) in [5.74, 6) is 0. The highest BCUT2D eigenvalue weighted by Gasteiger charge is 2.06. The lowest BCUT2D eigenvalue weighted by molar-refractivity contribution is -0.0660. The number of hydrogen-bond acceptors (Lipinski definition) is 2. The Hall–Kier alpha value is -0.500. The van der Waals surface area contributed by atoms with Gasteiger partial charge in [0.1, 0.15) is 0 Å². The first kappa shape index (κ1) is 4.65. The summed E-state index contributed by atoms with van der Waals surface area (Å²) in [6.45, 7) is 0. The molecule has 1 rings (SSSR count). The van der Waals surface area contributed by atoms with Crippen molar-refractivity contribution in [2.45, 2.75) is 12.7 Å². The second-order valence-corrected chi connectivity index (χ2v) is 1.41. The van der Waals surface area contributed by atoms with E-state index in [0.29, 0.717) is 0 Å². The molecule has 40 valence electrons. The third kappa shape index (κ3) is 0.933. The SMILES string of the molecule is CO[C@H]1CC=CO1. The highest BCUT2D eigenvalue weighted by molar-refractivity contribution is 4.81. The smallest absolute Gasteiger partial charge is 0.202 e. The van der Waals surface area contributed by atoms with Crippen molar-refractivity contribution in [2.24, 2.45) is 0 Å². The highest BCUT2D eigenvalue weighted by Crippen LogP contribution is 2.07.